The SMILES string of the molecule is CCCC(NN)C1SCCSC1CC. The molecule has 0 aromatic carbocycles. The van der Waals surface area contributed by atoms with E-state index < -0.39 is 0 Å². The van der Waals surface area contributed by atoms with E-state index in [4.69, 9.17) is 5.84 Å². The number of rotatable bonds is 5. The molecule has 14 heavy (non-hydrogen) atoms. The molecule has 1 saturated heterocycles. The molecule has 3 atom stereocenters. The van der Waals surface area contributed by atoms with Gasteiger partial charge in [0.25, 0.3) is 0 Å². The van der Waals surface area contributed by atoms with Gasteiger partial charge in [-0.15, -0.1) is 0 Å². The molecule has 1 aliphatic heterocycles. The van der Waals surface area contributed by atoms with Crippen molar-refractivity contribution < 1.29 is 0 Å². The van der Waals surface area contributed by atoms with E-state index in [2.05, 4.69) is 42.8 Å². The van der Waals surface area contributed by atoms with E-state index in [0.29, 0.717) is 11.3 Å². The minimum absolute atomic E-state index is 0.503. The lowest BCUT2D eigenvalue weighted by Crippen LogP contribution is -2.47. The molecule has 0 aliphatic carbocycles. The van der Waals surface area contributed by atoms with Crippen molar-refractivity contribution in [2.24, 2.45) is 5.84 Å². The molecule has 3 N–H and O–H groups in total. The third-order valence-electron chi connectivity index (χ3n) is 2.70. The Hall–Kier alpha value is 0.620. The molecule has 84 valence electrons. The first-order valence-electron chi connectivity index (χ1n) is 5.52. The lowest BCUT2D eigenvalue weighted by molar-refractivity contribution is 0.460. The van der Waals surface area contributed by atoms with Crippen LogP contribution in [0.2, 0.25) is 0 Å². The molecule has 0 amide bonds. The fourth-order valence-corrected chi connectivity index (χ4v) is 5.25. The van der Waals surface area contributed by atoms with Gasteiger partial charge in [0.1, 0.15) is 0 Å². The Labute approximate surface area is 96.1 Å². The van der Waals surface area contributed by atoms with Gasteiger partial charge in [-0.2, -0.15) is 23.5 Å². The maximum Gasteiger partial charge on any atom is 0.0340 e. The second kappa shape index (κ2) is 6.99. The topological polar surface area (TPSA) is 38.0 Å². The van der Waals surface area contributed by atoms with Gasteiger partial charge in [0.2, 0.25) is 0 Å². The van der Waals surface area contributed by atoms with Crippen molar-refractivity contribution >= 4 is 23.5 Å². The van der Waals surface area contributed by atoms with Crippen molar-refractivity contribution in [3.05, 3.63) is 0 Å². The van der Waals surface area contributed by atoms with Crippen LogP contribution in [0.15, 0.2) is 0 Å². The zero-order valence-corrected chi connectivity index (χ0v) is 10.8. The Morgan fingerprint density at radius 1 is 1.36 bits per heavy atom. The molecule has 3 unspecified atom stereocenters. The first-order valence-corrected chi connectivity index (χ1v) is 7.62. The molecular weight excluding hydrogens is 212 g/mol. The Kier molecular flexibility index (Phi) is 6.33. The Balaban J connectivity index is 2.51. The fraction of sp³-hybridized carbons (Fsp3) is 1.00. The summed E-state index contributed by atoms with van der Waals surface area (Å²) < 4.78 is 0. The predicted octanol–water partition coefficient (Wildman–Crippen LogP) is 2.25. The van der Waals surface area contributed by atoms with Crippen LogP contribution in [0.25, 0.3) is 0 Å². The minimum Gasteiger partial charge on any atom is -0.271 e. The van der Waals surface area contributed by atoms with Crippen LogP contribution in [0.3, 0.4) is 0 Å². The molecule has 1 heterocycles. The lowest BCUT2D eigenvalue weighted by Gasteiger charge is -2.35. The van der Waals surface area contributed by atoms with Crippen molar-refractivity contribution in [1.82, 2.24) is 5.43 Å². The first kappa shape index (κ1) is 12.7. The standard InChI is InChI=1S/C10H22N2S2/c1-3-5-8(12-11)10-9(4-2)13-6-7-14-10/h8-10,12H,3-7,11H2,1-2H3. The highest BCUT2D eigenvalue weighted by Gasteiger charge is 2.30. The van der Waals surface area contributed by atoms with Crippen LogP contribution >= 0.6 is 23.5 Å². The molecular formula is C10H22N2S2. The van der Waals surface area contributed by atoms with Gasteiger partial charge in [0.15, 0.2) is 0 Å². The molecule has 4 heteroatoms. The van der Waals surface area contributed by atoms with Gasteiger partial charge in [0.05, 0.1) is 0 Å². The Bertz CT molecular complexity index is 155. The summed E-state index contributed by atoms with van der Waals surface area (Å²) in [6.45, 7) is 4.52. The van der Waals surface area contributed by atoms with Gasteiger partial charge < -0.3 is 0 Å². The number of hydrazine groups is 1. The number of hydrogen-bond donors (Lipinski definition) is 2. The highest BCUT2D eigenvalue weighted by Crippen LogP contribution is 2.35. The van der Waals surface area contributed by atoms with Gasteiger partial charge in [-0.25, -0.2) is 0 Å². The van der Waals surface area contributed by atoms with E-state index in [-0.39, 0.29) is 0 Å². The van der Waals surface area contributed by atoms with Crippen molar-refractivity contribution in [2.45, 2.75) is 49.7 Å². The molecule has 0 spiro atoms. The molecule has 0 bridgehead atoms. The van der Waals surface area contributed by atoms with E-state index >= 15 is 0 Å². The van der Waals surface area contributed by atoms with Crippen LogP contribution in [-0.4, -0.2) is 28.0 Å². The molecule has 0 radical (unpaired) electrons. The third-order valence-corrected chi connectivity index (χ3v) is 6.11. The van der Waals surface area contributed by atoms with E-state index in [1.54, 1.807) is 0 Å². The molecule has 0 aromatic rings. The van der Waals surface area contributed by atoms with Gasteiger partial charge in [-0.3, -0.25) is 11.3 Å². The largest absolute Gasteiger partial charge is 0.271 e. The molecule has 1 aliphatic rings. The summed E-state index contributed by atoms with van der Waals surface area (Å²) in [7, 11) is 0. The summed E-state index contributed by atoms with van der Waals surface area (Å²) in [5, 5.41) is 1.50. The van der Waals surface area contributed by atoms with Gasteiger partial charge >= 0.3 is 0 Å². The molecule has 0 aromatic heterocycles. The van der Waals surface area contributed by atoms with Crippen LogP contribution in [0.4, 0.5) is 0 Å². The smallest absolute Gasteiger partial charge is 0.0340 e. The van der Waals surface area contributed by atoms with Crippen LogP contribution in [0.1, 0.15) is 33.1 Å². The monoisotopic (exact) mass is 234 g/mol. The maximum absolute atomic E-state index is 5.63. The van der Waals surface area contributed by atoms with Crippen LogP contribution < -0.4 is 11.3 Å². The molecule has 2 nitrogen and oxygen atoms in total. The van der Waals surface area contributed by atoms with Crippen LogP contribution in [-0.2, 0) is 0 Å². The molecule has 0 saturated carbocycles. The van der Waals surface area contributed by atoms with E-state index in [0.717, 1.165) is 5.25 Å². The number of nitrogens with one attached hydrogen (secondary N) is 1. The van der Waals surface area contributed by atoms with Crippen molar-refractivity contribution in [3.63, 3.8) is 0 Å². The summed E-state index contributed by atoms with van der Waals surface area (Å²) in [6.07, 6.45) is 3.68. The number of thioether (sulfide) groups is 2. The van der Waals surface area contributed by atoms with Gasteiger partial charge in [0, 0.05) is 28.0 Å². The highest BCUT2D eigenvalue weighted by molar-refractivity contribution is 8.07. The van der Waals surface area contributed by atoms with E-state index in [9.17, 15) is 0 Å². The highest BCUT2D eigenvalue weighted by atomic mass is 32.2. The van der Waals surface area contributed by atoms with Crippen molar-refractivity contribution in [3.8, 4) is 0 Å². The van der Waals surface area contributed by atoms with Crippen molar-refractivity contribution in [1.29, 1.82) is 0 Å². The zero-order valence-electron chi connectivity index (χ0n) is 9.16. The zero-order chi connectivity index (χ0) is 10.4. The minimum atomic E-state index is 0.503. The average Bonchev–Trinajstić information content (AvgIpc) is 2.26. The predicted molar refractivity (Wildman–Crippen MR) is 68.8 cm³/mol. The summed E-state index contributed by atoms with van der Waals surface area (Å²) >= 11 is 4.23. The quantitative estimate of drug-likeness (QED) is 0.565. The van der Waals surface area contributed by atoms with Crippen LogP contribution in [0.5, 0.6) is 0 Å². The Morgan fingerprint density at radius 3 is 2.64 bits per heavy atom. The van der Waals surface area contributed by atoms with Gasteiger partial charge in [-0.1, -0.05) is 20.3 Å². The number of nitrogens with two attached hydrogens (primary N) is 1. The third kappa shape index (κ3) is 3.33. The average molecular weight is 234 g/mol. The summed E-state index contributed by atoms with van der Waals surface area (Å²) in [4.78, 5) is 0. The van der Waals surface area contributed by atoms with Crippen LogP contribution in [0, 0.1) is 0 Å². The van der Waals surface area contributed by atoms with Gasteiger partial charge in [-0.05, 0) is 12.8 Å². The summed E-state index contributed by atoms with van der Waals surface area (Å²) in [5.74, 6) is 8.23. The molecule has 1 rings (SSSR count). The van der Waals surface area contributed by atoms with E-state index in [1.807, 2.05) is 0 Å². The normalized spacial score (nSPS) is 30.2. The second-order valence-electron chi connectivity index (χ2n) is 3.71. The fourth-order valence-electron chi connectivity index (χ4n) is 1.96. The van der Waals surface area contributed by atoms with Crippen molar-refractivity contribution in [2.75, 3.05) is 11.5 Å². The second-order valence-corrected chi connectivity index (χ2v) is 6.35. The van der Waals surface area contributed by atoms with E-state index in [1.165, 1.54) is 30.8 Å². The molecule has 1 fully saturated rings. The Morgan fingerprint density at radius 2 is 2.07 bits per heavy atom. The number of hydrogen-bond acceptors (Lipinski definition) is 4. The first-order chi connectivity index (χ1) is 6.83. The maximum atomic E-state index is 5.63. The lowest BCUT2D eigenvalue weighted by atomic mass is 10.0. The summed E-state index contributed by atoms with van der Waals surface area (Å²) in [6, 6.07) is 0.503. The summed E-state index contributed by atoms with van der Waals surface area (Å²) in [5.41, 5.74) is 3.00.